The molecule has 0 bridgehead atoms. The van der Waals surface area contributed by atoms with Gasteiger partial charge in [0, 0.05) is 21.0 Å². The Bertz CT molecular complexity index is 1520. The zero-order chi connectivity index (χ0) is 26.7. The highest BCUT2D eigenvalue weighted by molar-refractivity contribution is 7.91. The molecule has 3 aromatic rings. The van der Waals surface area contributed by atoms with Gasteiger partial charge < -0.3 is 10.6 Å². The lowest BCUT2D eigenvalue weighted by Crippen LogP contribution is -2.36. The highest BCUT2D eigenvalue weighted by Crippen LogP contribution is 2.45. The van der Waals surface area contributed by atoms with Crippen LogP contribution in [0.15, 0.2) is 18.2 Å². The number of halogens is 2. The van der Waals surface area contributed by atoms with Crippen LogP contribution >= 0.6 is 45.9 Å². The van der Waals surface area contributed by atoms with Gasteiger partial charge in [0.05, 0.1) is 27.1 Å². The number of rotatable bonds is 4. The fourth-order valence-electron chi connectivity index (χ4n) is 5.20. The van der Waals surface area contributed by atoms with Crippen LogP contribution < -0.4 is 10.6 Å². The summed E-state index contributed by atoms with van der Waals surface area (Å²) < 4.78 is 24.7. The van der Waals surface area contributed by atoms with Gasteiger partial charge in [-0.2, -0.15) is 0 Å². The molecule has 1 aromatic carbocycles. The number of thiophene rings is 2. The fraction of sp³-hybridized carbons (Fsp3) is 0.462. The summed E-state index contributed by atoms with van der Waals surface area (Å²) in [5.74, 6) is -0.266. The van der Waals surface area contributed by atoms with Gasteiger partial charge in [-0.1, -0.05) is 50.0 Å². The summed E-state index contributed by atoms with van der Waals surface area (Å²) in [6.45, 7) is 6.67. The molecule has 11 heteroatoms. The first-order valence-electron chi connectivity index (χ1n) is 12.2. The van der Waals surface area contributed by atoms with Crippen molar-refractivity contribution in [3.8, 4) is 0 Å². The maximum atomic E-state index is 13.5. The van der Waals surface area contributed by atoms with E-state index in [0.717, 1.165) is 34.4 Å². The van der Waals surface area contributed by atoms with Crippen molar-refractivity contribution in [1.82, 2.24) is 5.32 Å². The van der Waals surface area contributed by atoms with Crippen molar-refractivity contribution in [2.75, 3.05) is 16.8 Å². The minimum atomic E-state index is -3.14. The van der Waals surface area contributed by atoms with Crippen molar-refractivity contribution < 1.29 is 18.0 Å². The van der Waals surface area contributed by atoms with Gasteiger partial charge >= 0.3 is 0 Å². The largest absolute Gasteiger partial charge is 0.348 e. The second-order valence-corrected chi connectivity index (χ2v) is 16.1. The smallest absolute Gasteiger partial charge is 0.267 e. The van der Waals surface area contributed by atoms with Gasteiger partial charge in [-0.05, 0) is 54.7 Å². The summed E-state index contributed by atoms with van der Waals surface area (Å²) in [5.41, 5.74) is 1.51. The van der Waals surface area contributed by atoms with Crippen LogP contribution in [-0.4, -0.2) is 37.8 Å². The van der Waals surface area contributed by atoms with E-state index in [-0.39, 0.29) is 22.8 Å². The lowest BCUT2D eigenvalue weighted by molar-refractivity contribution is 0.0941. The van der Waals surface area contributed by atoms with E-state index in [1.165, 1.54) is 22.7 Å². The third kappa shape index (κ3) is 5.30. The van der Waals surface area contributed by atoms with Crippen LogP contribution in [0.25, 0.3) is 10.1 Å². The average molecular weight is 600 g/mol. The van der Waals surface area contributed by atoms with Gasteiger partial charge in [0.2, 0.25) is 0 Å². The molecule has 1 aliphatic heterocycles. The lowest BCUT2D eigenvalue weighted by atomic mass is 9.72. The standard InChI is InChI=1S/C26H28Cl2N2O4S3/c1-26(2,3)13-7-8-15-18(11-13)36-25(19(15)23(31)29-14-9-10-37(33,34)12-14)30-24(32)22-21(28)20-16(27)5-4-6-17(20)35-22/h4-6,13-14H,7-12H2,1-3H3,(H,29,31)(H,30,32). The Hall–Kier alpha value is -1.65. The molecule has 1 aliphatic carbocycles. The molecule has 0 radical (unpaired) electrons. The fourth-order valence-corrected chi connectivity index (χ4v) is 10.0. The summed E-state index contributed by atoms with van der Waals surface area (Å²) in [6, 6.07) is 4.97. The first kappa shape index (κ1) is 26.9. The number of carbonyl (C=O) groups excluding carboxylic acids is 2. The molecule has 2 N–H and O–H groups in total. The monoisotopic (exact) mass is 598 g/mol. The average Bonchev–Trinajstić information content (AvgIpc) is 3.45. The number of nitrogens with one attached hydrogen (secondary N) is 2. The molecule has 198 valence electrons. The summed E-state index contributed by atoms with van der Waals surface area (Å²) >= 11 is 15.6. The van der Waals surface area contributed by atoms with E-state index in [4.69, 9.17) is 23.2 Å². The molecule has 1 saturated heterocycles. The highest BCUT2D eigenvalue weighted by atomic mass is 35.5. The van der Waals surface area contributed by atoms with Crippen LogP contribution in [0.2, 0.25) is 10.0 Å². The van der Waals surface area contributed by atoms with Gasteiger partial charge in [0.25, 0.3) is 11.8 Å². The van der Waals surface area contributed by atoms with Crippen LogP contribution in [0.1, 0.15) is 64.1 Å². The Balaban J connectivity index is 1.49. The van der Waals surface area contributed by atoms with Crippen molar-refractivity contribution in [2.45, 2.75) is 52.5 Å². The summed E-state index contributed by atoms with van der Waals surface area (Å²) in [7, 11) is -3.14. The van der Waals surface area contributed by atoms with Crippen LogP contribution in [0.5, 0.6) is 0 Å². The SMILES string of the molecule is CC(C)(C)C1CCc2c(sc(NC(=O)c3sc4cccc(Cl)c4c3Cl)c2C(=O)NC2CCS(=O)(=O)C2)C1. The number of amides is 2. The molecule has 2 unspecified atom stereocenters. The van der Waals surface area contributed by atoms with Crippen LogP contribution in [0.4, 0.5) is 5.00 Å². The van der Waals surface area contributed by atoms with Gasteiger partial charge in [-0.25, -0.2) is 8.42 Å². The van der Waals surface area contributed by atoms with E-state index in [9.17, 15) is 18.0 Å². The number of sulfone groups is 1. The Labute approximate surface area is 234 Å². The van der Waals surface area contributed by atoms with E-state index in [1.807, 2.05) is 12.1 Å². The molecule has 0 saturated carbocycles. The van der Waals surface area contributed by atoms with E-state index in [2.05, 4.69) is 31.4 Å². The zero-order valence-electron chi connectivity index (χ0n) is 20.7. The van der Waals surface area contributed by atoms with Crippen molar-refractivity contribution in [3.63, 3.8) is 0 Å². The third-order valence-electron chi connectivity index (χ3n) is 7.32. The molecule has 6 nitrogen and oxygen atoms in total. The number of anilines is 1. The maximum absolute atomic E-state index is 13.5. The van der Waals surface area contributed by atoms with E-state index < -0.39 is 21.8 Å². The maximum Gasteiger partial charge on any atom is 0.267 e. The van der Waals surface area contributed by atoms with Crippen LogP contribution in [0, 0.1) is 11.3 Å². The summed E-state index contributed by atoms with van der Waals surface area (Å²) in [6.07, 6.45) is 2.90. The van der Waals surface area contributed by atoms with E-state index in [1.54, 1.807) is 6.07 Å². The normalized spacial score (nSPS) is 21.1. The lowest BCUT2D eigenvalue weighted by Gasteiger charge is -2.33. The molecule has 2 aliphatic rings. The van der Waals surface area contributed by atoms with E-state index >= 15 is 0 Å². The summed E-state index contributed by atoms with van der Waals surface area (Å²) in [5, 5.41) is 7.76. The second kappa shape index (κ2) is 9.83. The molecule has 5 rings (SSSR count). The Kier molecular flexibility index (Phi) is 7.15. The molecular formula is C26H28Cl2N2O4S3. The first-order valence-corrected chi connectivity index (χ1v) is 16.4. The molecule has 2 atom stereocenters. The van der Waals surface area contributed by atoms with Crippen LogP contribution in [0.3, 0.4) is 0 Å². The topological polar surface area (TPSA) is 92.3 Å². The number of hydrogen-bond acceptors (Lipinski definition) is 6. The Morgan fingerprint density at radius 3 is 2.49 bits per heavy atom. The quantitative estimate of drug-likeness (QED) is 0.354. The van der Waals surface area contributed by atoms with E-state index in [0.29, 0.717) is 43.2 Å². The Morgan fingerprint density at radius 2 is 1.84 bits per heavy atom. The van der Waals surface area contributed by atoms with Crippen molar-refractivity contribution in [2.24, 2.45) is 11.3 Å². The molecule has 1 fully saturated rings. The molecule has 37 heavy (non-hydrogen) atoms. The minimum Gasteiger partial charge on any atom is -0.348 e. The van der Waals surface area contributed by atoms with Crippen molar-refractivity contribution in [3.05, 3.63) is 49.1 Å². The Morgan fingerprint density at radius 1 is 1.08 bits per heavy atom. The number of hydrogen-bond donors (Lipinski definition) is 2. The highest BCUT2D eigenvalue weighted by Gasteiger charge is 2.36. The summed E-state index contributed by atoms with van der Waals surface area (Å²) in [4.78, 5) is 28.4. The van der Waals surface area contributed by atoms with Gasteiger partial charge in [0.1, 0.15) is 9.88 Å². The number of benzene rings is 1. The molecular weight excluding hydrogens is 571 g/mol. The predicted octanol–water partition coefficient (Wildman–Crippen LogP) is 6.59. The van der Waals surface area contributed by atoms with Gasteiger partial charge in [-0.3, -0.25) is 9.59 Å². The molecule has 3 heterocycles. The zero-order valence-corrected chi connectivity index (χ0v) is 24.7. The minimum absolute atomic E-state index is 0.0585. The second-order valence-electron chi connectivity index (χ2n) is 10.9. The van der Waals surface area contributed by atoms with Gasteiger partial charge in [-0.15, -0.1) is 22.7 Å². The molecule has 2 aromatic heterocycles. The van der Waals surface area contributed by atoms with Gasteiger partial charge in [0.15, 0.2) is 9.84 Å². The first-order chi connectivity index (χ1) is 17.3. The van der Waals surface area contributed by atoms with Crippen molar-refractivity contribution in [1.29, 1.82) is 0 Å². The molecule has 0 spiro atoms. The predicted molar refractivity (Wildman–Crippen MR) is 154 cm³/mol. The number of carbonyl (C=O) groups is 2. The van der Waals surface area contributed by atoms with Crippen LogP contribution in [-0.2, 0) is 22.7 Å². The van der Waals surface area contributed by atoms with Crippen molar-refractivity contribution >= 4 is 82.6 Å². The number of fused-ring (bicyclic) bond motifs is 2. The third-order valence-corrected chi connectivity index (χ3v) is 12.2. The molecule has 2 amide bonds.